The Balaban J connectivity index is 2.15. The molecular formula is C16H20O3S. The molecule has 0 bridgehead atoms. The number of thiophene rings is 1. The Morgan fingerprint density at radius 1 is 1.35 bits per heavy atom. The number of fused-ring (bicyclic) bond motifs is 1. The van der Waals surface area contributed by atoms with Gasteiger partial charge in [-0.2, -0.15) is 0 Å². The molecule has 0 aliphatic carbocycles. The van der Waals surface area contributed by atoms with Crippen molar-refractivity contribution in [2.24, 2.45) is 0 Å². The molecule has 20 heavy (non-hydrogen) atoms. The van der Waals surface area contributed by atoms with E-state index in [4.69, 9.17) is 4.74 Å². The second kappa shape index (κ2) is 6.86. The number of hydrogen-bond acceptors (Lipinski definition) is 4. The normalized spacial score (nSPS) is 12.6. The van der Waals surface area contributed by atoms with Crippen LogP contribution in [0.15, 0.2) is 24.3 Å². The Hall–Kier alpha value is -1.39. The van der Waals surface area contributed by atoms with E-state index in [1.165, 1.54) is 16.9 Å². The zero-order chi connectivity index (χ0) is 14.5. The molecule has 1 N–H and O–H groups in total. The van der Waals surface area contributed by atoms with Crippen LogP contribution >= 0.6 is 11.3 Å². The molecule has 0 fully saturated rings. The van der Waals surface area contributed by atoms with Crippen LogP contribution in [0.3, 0.4) is 0 Å². The second-order valence-electron chi connectivity index (χ2n) is 4.80. The van der Waals surface area contributed by atoms with E-state index >= 15 is 0 Å². The number of rotatable bonds is 6. The zero-order valence-electron chi connectivity index (χ0n) is 11.9. The molecule has 0 amide bonds. The van der Waals surface area contributed by atoms with Gasteiger partial charge in [0.15, 0.2) is 0 Å². The summed E-state index contributed by atoms with van der Waals surface area (Å²) in [6.45, 7) is 4.19. The summed E-state index contributed by atoms with van der Waals surface area (Å²) in [6, 6.07) is 8.07. The van der Waals surface area contributed by atoms with Crippen molar-refractivity contribution in [3.63, 3.8) is 0 Å². The van der Waals surface area contributed by atoms with Crippen LogP contribution in [0.5, 0.6) is 0 Å². The van der Waals surface area contributed by atoms with E-state index in [1.54, 1.807) is 0 Å². The molecule has 1 unspecified atom stereocenters. The van der Waals surface area contributed by atoms with Gasteiger partial charge in [-0.05, 0) is 49.3 Å². The van der Waals surface area contributed by atoms with Crippen molar-refractivity contribution in [3.05, 3.63) is 34.7 Å². The lowest BCUT2D eigenvalue weighted by molar-refractivity contribution is 0.0532. The summed E-state index contributed by atoms with van der Waals surface area (Å²) in [4.78, 5) is 12.4. The van der Waals surface area contributed by atoms with Crippen molar-refractivity contribution in [2.45, 2.75) is 39.2 Å². The van der Waals surface area contributed by atoms with E-state index in [0.29, 0.717) is 11.5 Å². The second-order valence-corrected chi connectivity index (χ2v) is 5.89. The lowest BCUT2D eigenvalue weighted by Gasteiger charge is -2.07. The molecule has 0 saturated heterocycles. The van der Waals surface area contributed by atoms with E-state index in [0.717, 1.165) is 29.3 Å². The van der Waals surface area contributed by atoms with Gasteiger partial charge in [-0.15, -0.1) is 11.3 Å². The molecule has 0 spiro atoms. The smallest absolute Gasteiger partial charge is 0.348 e. The van der Waals surface area contributed by atoms with Crippen LogP contribution in [0.4, 0.5) is 0 Å². The highest BCUT2D eigenvalue weighted by Gasteiger charge is 2.11. The van der Waals surface area contributed by atoms with Gasteiger partial charge < -0.3 is 9.84 Å². The average Bonchev–Trinajstić information content (AvgIpc) is 2.88. The topological polar surface area (TPSA) is 46.5 Å². The molecule has 1 heterocycles. The van der Waals surface area contributed by atoms with Crippen molar-refractivity contribution < 1.29 is 14.6 Å². The van der Waals surface area contributed by atoms with Crippen LogP contribution in [0.25, 0.3) is 10.1 Å². The summed E-state index contributed by atoms with van der Waals surface area (Å²) in [5.41, 5.74) is 1.20. The maximum atomic E-state index is 11.7. The summed E-state index contributed by atoms with van der Waals surface area (Å²) >= 11 is 1.46. The van der Waals surface area contributed by atoms with Crippen LogP contribution in [-0.2, 0) is 11.2 Å². The third kappa shape index (κ3) is 3.58. The number of aryl methyl sites for hydroxylation is 1. The molecule has 1 atom stereocenters. The summed E-state index contributed by atoms with van der Waals surface area (Å²) in [5, 5.41) is 10.7. The lowest BCUT2D eigenvalue weighted by Crippen LogP contribution is -2.05. The number of hydrogen-bond donors (Lipinski definition) is 1. The van der Waals surface area contributed by atoms with E-state index in [2.05, 4.69) is 12.1 Å². The number of carbonyl (C=O) groups is 1. The van der Waals surface area contributed by atoms with Crippen molar-refractivity contribution in [3.8, 4) is 0 Å². The first-order valence-electron chi connectivity index (χ1n) is 7.01. The molecular weight excluding hydrogens is 272 g/mol. The monoisotopic (exact) mass is 292 g/mol. The fraction of sp³-hybridized carbons (Fsp3) is 0.438. The van der Waals surface area contributed by atoms with Gasteiger partial charge in [0, 0.05) is 4.70 Å². The molecule has 3 nitrogen and oxygen atoms in total. The first-order chi connectivity index (χ1) is 9.63. The highest BCUT2D eigenvalue weighted by molar-refractivity contribution is 7.20. The Morgan fingerprint density at radius 3 is 2.85 bits per heavy atom. The van der Waals surface area contributed by atoms with Gasteiger partial charge >= 0.3 is 5.97 Å². The van der Waals surface area contributed by atoms with Crippen LogP contribution in [0.1, 0.15) is 41.9 Å². The van der Waals surface area contributed by atoms with Crippen molar-refractivity contribution in [1.82, 2.24) is 0 Å². The Kier molecular flexibility index (Phi) is 5.15. The minimum absolute atomic E-state index is 0.232. The first-order valence-corrected chi connectivity index (χ1v) is 7.83. The number of benzene rings is 1. The molecule has 2 rings (SSSR count). The number of aliphatic hydroxyl groups excluding tert-OH is 1. The van der Waals surface area contributed by atoms with E-state index < -0.39 is 0 Å². The van der Waals surface area contributed by atoms with Gasteiger partial charge in [0.05, 0.1) is 12.7 Å². The fourth-order valence-electron chi connectivity index (χ4n) is 2.07. The van der Waals surface area contributed by atoms with Gasteiger partial charge in [0.2, 0.25) is 0 Å². The van der Waals surface area contributed by atoms with Gasteiger partial charge in [-0.3, -0.25) is 0 Å². The van der Waals surface area contributed by atoms with Crippen molar-refractivity contribution in [2.75, 3.05) is 6.61 Å². The molecule has 1 aromatic heterocycles. The lowest BCUT2D eigenvalue weighted by atomic mass is 10.0. The van der Waals surface area contributed by atoms with Gasteiger partial charge in [0.1, 0.15) is 4.88 Å². The number of aliphatic hydroxyl groups is 1. The summed E-state index contributed by atoms with van der Waals surface area (Å²) < 4.78 is 6.11. The summed E-state index contributed by atoms with van der Waals surface area (Å²) in [6.07, 6.45) is 2.19. The van der Waals surface area contributed by atoms with Crippen LogP contribution in [-0.4, -0.2) is 23.8 Å². The van der Waals surface area contributed by atoms with E-state index in [1.807, 2.05) is 26.0 Å². The predicted molar refractivity (Wildman–Crippen MR) is 82.4 cm³/mol. The molecule has 108 valence electrons. The van der Waals surface area contributed by atoms with Gasteiger partial charge in [-0.1, -0.05) is 19.1 Å². The summed E-state index contributed by atoms with van der Waals surface area (Å²) in [7, 11) is 0. The Morgan fingerprint density at radius 2 is 2.15 bits per heavy atom. The van der Waals surface area contributed by atoms with E-state index in [9.17, 15) is 9.90 Å². The quantitative estimate of drug-likeness (QED) is 0.824. The average molecular weight is 292 g/mol. The number of carbonyl (C=O) groups excluding carboxylic acids is 1. The van der Waals surface area contributed by atoms with Gasteiger partial charge in [-0.25, -0.2) is 4.79 Å². The van der Waals surface area contributed by atoms with Crippen LogP contribution in [0, 0.1) is 0 Å². The molecule has 0 aliphatic rings. The molecule has 0 saturated carbocycles. The van der Waals surface area contributed by atoms with E-state index in [-0.39, 0.29) is 12.1 Å². The maximum Gasteiger partial charge on any atom is 0.348 e. The third-order valence-corrected chi connectivity index (χ3v) is 4.38. The highest BCUT2D eigenvalue weighted by Crippen LogP contribution is 2.27. The maximum absolute atomic E-state index is 11.7. The fourth-order valence-corrected chi connectivity index (χ4v) is 3.09. The molecule has 0 radical (unpaired) electrons. The SMILES string of the molecule is CCOC(=O)c1cc2ccc(CCC(O)CC)cc2s1. The minimum atomic E-state index is -0.253. The number of ether oxygens (including phenoxy) is 1. The first kappa shape index (κ1) is 15.0. The summed E-state index contributed by atoms with van der Waals surface area (Å²) in [5.74, 6) is -0.253. The predicted octanol–water partition coefficient (Wildman–Crippen LogP) is 3.78. The highest BCUT2D eigenvalue weighted by atomic mass is 32.1. The molecule has 0 aliphatic heterocycles. The van der Waals surface area contributed by atoms with Gasteiger partial charge in [0.25, 0.3) is 0 Å². The van der Waals surface area contributed by atoms with Crippen molar-refractivity contribution >= 4 is 27.4 Å². The third-order valence-electron chi connectivity index (χ3n) is 3.30. The zero-order valence-corrected chi connectivity index (χ0v) is 12.7. The van der Waals surface area contributed by atoms with Crippen LogP contribution in [0.2, 0.25) is 0 Å². The molecule has 2 aromatic rings. The molecule has 1 aromatic carbocycles. The number of esters is 1. The van der Waals surface area contributed by atoms with Crippen LogP contribution < -0.4 is 0 Å². The standard InChI is InChI=1S/C16H20O3S/c1-3-13(17)8-6-11-5-7-12-10-15(16(18)19-4-2)20-14(12)9-11/h5,7,9-10,13,17H,3-4,6,8H2,1-2H3. The van der Waals surface area contributed by atoms with Crippen molar-refractivity contribution in [1.29, 1.82) is 0 Å². The molecule has 4 heteroatoms. The Labute approximate surface area is 123 Å². The minimum Gasteiger partial charge on any atom is -0.462 e. The Bertz CT molecular complexity index is 588. The largest absolute Gasteiger partial charge is 0.462 e.